The number of phenolic OH excluding ortho intramolecular Hbond substituents is 1. The maximum atomic E-state index is 12.3. The van der Waals surface area contributed by atoms with Crippen LogP contribution in [0.25, 0.3) is 0 Å². The molecule has 0 atom stereocenters. The van der Waals surface area contributed by atoms with E-state index in [2.05, 4.69) is 6.92 Å². The van der Waals surface area contributed by atoms with Crippen molar-refractivity contribution in [2.24, 2.45) is 0 Å². The summed E-state index contributed by atoms with van der Waals surface area (Å²) in [6, 6.07) is 3.99. The Morgan fingerprint density at radius 2 is 2.11 bits per heavy atom. The Morgan fingerprint density at radius 1 is 1.44 bits per heavy atom. The monoisotopic (exact) mass is 125 g/mol. The van der Waals surface area contributed by atoms with Gasteiger partial charge in [0.05, 0.1) is 0 Å². The van der Waals surface area contributed by atoms with Crippen LogP contribution in [-0.4, -0.2) is 5.11 Å². The van der Waals surface area contributed by atoms with E-state index in [-0.39, 0.29) is 5.75 Å². The van der Waals surface area contributed by atoms with Crippen molar-refractivity contribution < 1.29 is 9.50 Å². The normalized spacial score (nSPS) is 9.56. The zero-order valence-corrected chi connectivity index (χ0v) is 4.76. The van der Waals surface area contributed by atoms with Crippen molar-refractivity contribution >= 4 is 0 Å². The molecule has 0 aliphatic heterocycles. The molecule has 0 bridgehead atoms. The number of hydrogen-bond acceptors (Lipinski definition) is 1. The molecule has 1 nitrogen and oxygen atoms in total. The minimum atomic E-state index is -0.623. The molecule has 0 aromatic heterocycles. The number of hydrogen-bond donors (Lipinski definition) is 1. The average Bonchev–Trinajstić information content (AvgIpc) is 1.80. The summed E-state index contributed by atoms with van der Waals surface area (Å²) in [6.07, 6.45) is 0. The van der Waals surface area contributed by atoms with Crippen molar-refractivity contribution in [3.05, 3.63) is 36.5 Å². The molecule has 47 valence electrons. The predicted molar refractivity (Wildman–Crippen MR) is 32.5 cm³/mol. The molecule has 0 unspecified atom stereocenters. The molecule has 1 aromatic rings. The lowest BCUT2D eigenvalue weighted by Gasteiger charge is -1.93. The van der Waals surface area contributed by atoms with Gasteiger partial charge in [-0.3, -0.25) is 0 Å². The van der Waals surface area contributed by atoms with Gasteiger partial charge in [0.1, 0.15) is 0 Å². The molecule has 0 saturated heterocycles. The highest BCUT2D eigenvalue weighted by Gasteiger charge is 1.96. The second kappa shape index (κ2) is 2.05. The average molecular weight is 125 g/mol. The molecule has 0 saturated carbocycles. The van der Waals surface area contributed by atoms with Crippen LogP contribution in [0.4, 0.5) is 4.39 Å². The van der Waals surface area contributed by atoms with Crippen molar-refractivity contribution in [3.63, 3.8) is 0 Å². The number of benzene rings is 1. The van der Waals surface area contributed by atoms with Gasteiger partial charge in [-0.15, -0.1) is 0 Å². The van der Waals surface area contributed by atoms with Crippen LogP contribution in [0.1, 0.15) is 5.56 Å². The predicted octanol–water partition coefficient (Wildman–Crippen LogP) is 1.71. The second-order valence-corrected chi connectivity index (χ2v) is 1.79. The van der Waals surface area contributed by atoms with E-state index < -0.39 is 5.82 Å². The highest BCUT2D eigenvalue weighted by molar-refractivity contribution is 5.29. The van der Waals surface area contributed by atoms with E-state index in [1.807, 2.05) is 0 Å². The van der Waals surface area contributed by atoms with Gasteiger partial charge in [0, 0.05) is 0 Å². The first-order valence-electron chi connectivity index (χ1n) is 2.50. The lowest BCUT2D eigenvalue weighted by atomic mass is 10.2. The quantitative estimate of drug-likeness (QED) is 0.559. The van der Waals surface area contributed by atoms with E-state index in [4.69, 9.17) is 5.11 Å². The molecule has 2 heteroatoms. The maximum absolute atomic E-state index is 12.3. The number of aromatic hydroxyl groups is 1. The van der Waals surface area contributed by atoms with Gasteiger partial charge in [-0.1, -0.05) is 6.07 Å². The van der Waals surface area contributed by atoms with E-state index in [0.717, 1.165) is 0 Å². The van der Waals surface area contributed by atoms with Crippen molar-refractivity contribution in [1.82, 2.24) is 0 Å². The molecule has 1 aromatic carbocycles. The summed E-state index contributed by atoms with van der Waals surface area (Å²) in [5, 5.41) is 8.64. The smallest absolute Gasteiger partial charge is 0.165 e. The fraction of sp³-hybridized carbons (Fsp3) is 0. The van der Waals surface area contributed by atoms with Gasteiger partial charge < -0.3 is 5.11 Å². The highest BCUT2D eigenvalue weighted by atomic mass is 19.1. The van der Waals surface area contributed by atoms with Crippen LogP contribution in [0.2, 0.25) is 0 Å². The Hall–Kier alpha value is -1.05. The number of halogens is 1. The van der Waals surface area contributed by atoms with Gasteiger partial charge in [-0.25, -0.2) is 4.39 Å². The number of phenols is 1. The van der Waals surface area contributed by atoms with E-state index in [1.54, 1.807) is 6.07 Å². The fourth-order valence-electron chi connectivity index (χ4n) is 0.550. The van der Waals surface area contributed by atoms with Gasteiger partial charge in [0.2, 0.25) is 0 Å². The topological polar surface area (TPSA) is 20.2 Å². The summed E-state index contributed by atoms with van der Waals surface area (Å²) in [5.74, 6) is -0.954. The summed E-state index contributed by atoms with van der Waals surface area (Å²) < 4.78 is 12.3. The van der Waals surface area contributed by atoms with Gasteiger partial charge in [0.25, 0.3) is 0 Å². The third kappa shape index (κ3) is 1.19. The molecule has 0 amide bonds. The van der Waals surface area contributed by atoms with Gasteiger partial charge in [-0.05, 0) is 24.6 Å². The molecule has 0 fully saturated rings. The highest BCUT2D eigenvalue weighted by Crippen LogP contribution is 2.14. The molecule has 9 heavy (non-hydrogen) atoms. The summed E-state index contributed by atoms with van der Waals surface area (Å²) in [5.41, 5.74) is 0.560. The van der Waals surface area contributed by atoms with E-state index in [9.17, 15) is 4.39 Å². The van der Waals surface area contributed by atoms with Crippen LogP contribution >= 0.6 is 0 Å². The molecule has 0 spiro atoms. The zero-order valence-electron chi connectivity index (χ0n) is 4.76. The van der Waals surface area contributed by atoms with Gasteiger partial charge >= 0.3 is 0 Å². The van der Waals surface area contributed by atoms with Crippen molar-refractivity contribution in [3.8, 4) is 5.75 Å². The van der Waals surface area contributed by atoms with Crippen LogP contribution in [0.3, 0.4) is 0 Å². The fourth-order valence-corrected chi connectivity index (χ4v) is 0.550. The van der Waals surface area contributed by atoms with Gasteiger partial charge in [-0.2, -0.15) is 0 Å². The van der Waals surface area contributed by atoms with E-state index in [0.29, 0.717) is 5.56 Å². The third-order valence-corrected chi connectivity index (χ3v) is 1.01. The molecule has 0 heterocycles. The van der Waals surface area contributed by atoms with Crippen LogP contribution < -0.4 is 0 Å². The minimum absolute atomic E-state index is 0.331. The third-order valence-electron chi connectivity index (χ3n) is 1.01. The molecular formula is C7H6FO. The first kappa shape index (κ1) is 6.08. The lowest BCUT2D eigenvalue weighted by Crippen LogP contribution is -1.76. The molecule has 1 rings (SSSR count). The summed E-state index contributed by atoms with van der Waals surface area (Å²) in [7, 11) is 0. The first-order valence-corrected chi connectivity index (χ1v) is 2.50. The Balaban J connectivity index is 3.17. The number of rotatable bonds is 0. The van der Waals surface area contributed by atoms with Crippen LogP contribution in [0.5, 0.6) is 5.75 Å². The Bertz CT molecular complexity index is 220. The standard InChI is InChI=1S/C7H6FO/c1-5-2-3-7(9)6(8)4-5/h2-4,9H,1H2. The Labute approximate surface area is 52.8 Å². The molecule has 1 radical (unpaired) electrons. The summed E-state index contributed by atoms with van der Waals surface area (Å²) in [6.45, 7) is 3.47. The second-order valence-electron chi connectivity index (χ2n) is 1.79. The van der Waals surface area contributed by atoms with Crippen molar-refractivity contribution in [1.29, 1.82) is 0 Å². The van der Waals surface area contributed by atoms with Crippen LogP contribution in [0.15, 0.2) is 18.2 Å². The van der Waals surface area contributed by atoms with E-state index in [1.165, 1.54) is 12.1 Å². The molecule has 1 N–H and O–H groups in total. The van der Waals surface area contributed by atoms with Gasteiger partial charge in [0.15, 0.2) is 11.6 Å². The minimum Gasteiger partial charge on any atom is -0.505 e. The van der Waals surface area contributed by atoms with Crippen molar-refractivity contribution in [2.45, 2.75) is 0 Å². The molecule has 0 aliphatic carbocycles. The van der Waals surface area contributed by atoms with E-state index >= 15 is 0 Å². The first-order chi connectivity index (χ1) is 4.20. The zero-order chi connectivity index (χ0) is 6.85. The van der Waals surface area contributed by atoms with Crippen LogP contribution in [-0.2, 0) is 0 Å². The summed E-state index contributed by atoms with van der Waals surface area (Å²) >= 11 is 0. The molecule has 0 aliphatic rings. The van der Waals surface area contributed by atoms with Crippen molar-refractivity contribution in [2.75, 3.05) is 0 Å². The Kier molecular flexibility index (Phi) is 1.39. The SMILES string of the molecule is [CH2]c1ccc(O)c(F)c1. The molecular weight excluding hydrogens is 119 g/mol. The summed E-state index contributed by atoms with van der Waals surface area (Å²) in [4.78, 5) is 0. The Morgan fingerprint density at radius 3 is 2.56 bits per heavy atom. The largest absolute Gasteiger partial charge is 0.505 e. The maximum Gasteiger partial charge on any atom is 0.165 e. The van der Waals surface area contributed by atoms with Crippen LogP contribution in [0, 0.1) is 12.7 Å². The lowest BCUT2D eigenvalue weighted by molar-refractivity contribution is 0.432.